The van der Waals surface area contributed by atoms with Gasteiger partial charge < -0.3 is 4.74 Å². The van der Waals surface area contributed by atoms with Crippen LogP contribution in [0, 0.1) is 10.1 Å². The zero-order chi connectivity index (χ0) is 19.6. The normalized spacial score (nSPS) is 15.5. The number of halogens is 1. The molecule has 0 spiro atoms. The van der Waals surface area contributed by atoms with Crippen molar-refractivity contribution in [2.45, 2.75) is 6.54 Å². The average Bonchev–Trinajstić information content (AvgIpc) is 2.90. The van der Waals surface area contributed by atoms with Gasteiger partial charge in [0.05, 0.1) is 23.5 Å². The molecule has 3 rings (SSSR count). The molecule has 9 heteroatoms. The lowest BCUT2D eigenvalue weighted by Gasteiger charge is -2.13. The predicted octanol–water partition coefficient (Wildman–Crippen LogP) is 4.49. The van der Waals surface area contributed by atoms with E-state index < -0.39 is 16.1 Å². The van der Waals surface area contributed by atoms with E-state index in [1.54, 1.807) is 30.3 Å². The Labute approximate surface area is 163 Å². The highest BCUT2D eigenvalue weighted by Gasteiger charge is 2.35. The van der Waals surface area contributed by atoms with Crippen molar-refractivity contribution in [3.8, 4) is 5.75 Å². The molecule has 0 saturated carbocycles. The molecular weight excluding hydrogens is 392 g/mol. The molecule has 2 aromatic rings. The van der Waals surface area contributed by atoms with Crippen LogP contribution in [-0.2, 0) is 11.3 Å². The maximum Gasteiger partial charge on any atom is 0.311 e. The molecule has 2 aromatic carbocycles. The predicted molar refractivity (Wildman–Crippen MR) is 103 cm³/mol. The fourth-order valence-electron chi connectivity index (χ4n) is 2.60. The van der Waals surface area contributed by atoms with Crippen molar-refractivity contribution in [1.29, 1.82) is 0 Å². The van der Waals surface area contributed by atoms with E-state index in [4.69, 9.17) is 16.3 Å². The van der Waals surface area contributed by atoms with Gasteiger partial charge in [0.2, 0.25) is 5.75 Å². The van der Waals surface area contributed by atoms with Crippen molar-refractivity contribution < 1.29 is 19.2 Å². The number of ether oxygens (including phenoxy) is 1. The van der Waals surface area contributed by atoms with Gasteiger partial charge in [-0.1, -0.05) is 41.9 Å². The molecule has 1 fully saturated rings. The number of benzene rings is 2. The van der Waals surface area contributed by atoms with Gasteiger partial charge in [0.15, 0.2) is 0 Å². The Balaban J connectivity index is 1.92. The standard InChI is InChI=1S/C18H13ClN2O5S/c1-26-16-11(6-4-8-14(16)21(24)25)9-15-17(22)20(18(23)27-15)10-12-5-2-3-7-13(12)19/h2-9H,10H2,1H3/b15-9-. The molecule has 27 heavy (non-hydrogen) atoms. The zero-order valence-electron chi connectivity index (χ0n) is 14.0. The van der Waals surface area contributed by atoms with E-state index in [2.05, 4.69) is 0 Å². The summed E-state index contributed by atoms with van der Waals surface area (Å²) >= 11 is 6.87. The average molecular weight is 405 g/mol. The fraction of sp³-hybridized carbons (Fsp3) is 0.111. The van der Waals surface area contributed by atoms with Crippen LogP contribution in [0.25, 0.3) is 6.08 Å². The SMILES string of the molecule is COc1c(/C=C2\SC(=O)N(Cc3ccccc3Cl)C2=O)cccc1[N+](=O)[O-]. The number of nitro groups is 1. The minimum Gasteiger partial charge on any atom is -0.490 e. The Morgan fingerprint density at radius 3 is 2.63 bits per heavy atom. The smallest absolute Gasteiger partial charge is 0.311 e. The molecule has 0 radical (unpaired) electrons. The number of nitrogens with zero attached hydrogens (tertiary/aromatic N) is 2. The van der Waals surface area contributed by atoms with Gasteiger partial charge in [-0.25, -0.2) is 0 Å². The van der Waals surface area contributed by atoms with E-state index in [1.807, 2.05) is 0 Å². The second-order valence-corrected chi connectivity index (χ2v) is 6.92. The van der Waals surface area contributed by atoms with E-state index >= 15 is 0 Å². The van der Waals surface area contributed by atoms with Crippen LogP contribution < -0.4 is 4.74 Å². The molecule has 1 heterocycles. The summed E-state index contributed by atoms with van der Waals surface area (Å²) in [5.74, 6) is -0.459. The number of thioether (sulfide) groups is 1. The summed E-state index contributed by atoms with van der Waals surface area (Å²) in [6.45, 7) is 0.0494. The number of amides is 2. The molecular formula is C18H13ClN2O5S. The lowest BCUT2D eigenvalue weighted by Crippen LogP contribution is -2.27. The first-order valence-electron chi connectivity index (χ1n) is 7.72. The minimum absolute atomic E-state index is 0.0282. The van der Waals surface area contributed by atoms with Crippen LogP contribution in [0.1, 0.15) is 11.1 Å². The van der Waals surface area contributed by atoms with Crippen molar-refractivity contribution in [3.63, 3.8) is 0 Å². The summed E-state index contributed by atoms with van der Waals surface area (Å²) in [7, 11) is 1.31. The highest BCUT2D eigenvalue weighted by Crippen LogP contribution is 2.37. The molecule has 1 aliphatic heterocycles. The van der Waals surface area contributed by atoms with Gasteiger partial charge in [-0.2, -0.15) is 0 Å². The maximum absolute atomic E-state index is 12.7. The van der Waals surface area contributed by atoms with Crippen LogP contribution >= 0.6 is 23.4 Å². The largest absolute Gasteiger partial charge is 0.490 e. The van der Waals surface area contributed by atoms with Crippen molar-refractivity contribution in [2.24, 2.45) is 0 Å². The zero-order valence-corrected chi connectivity index (χ0v) is 15.6. The van der Waals surface area contributed by atoms with Gasteiger partial charge in [-0.05, 0) is 29.5 Å². The van der Waals surface area contributed by atoms with E-state index in [0.29, 0.717) is 16.1 Å². The first-order valence-corrected chi connectivity index (χ1v) is 8.92. The van der Waals surface area contributed by atoms with Crippen molar-refractivity contribution >= 4 is 46.3 Å². The molecule has 0 N–H and O–H groups in total. The quantitative estimate of drug-likeness (QED) is 0.414. The Bertz CT molecular complexity index is 976. The summed E-state index contributed by atoms with van der Waals surface area (Å²) in [6.07, 6.45) is 1.42. The molecule has 0 bridgehead atoms. The Hall–Kier alpha value is -2.84. The first kappa shape index (κ1) is 18.9. The number of rotatable bonds is 5. The Morgan fingerprint density at radius 2 is 1.96 bits per heavy atom. The summed E-state index contributed by atoms with van der Waals surface area (Å²) in [5.41, 5.74) is 0.770. The number of carbonyl (C=O) groups excluding carboxylic acids is 2. The number of hydrogen-bond acceptors (Lipinski definition) is 6. The van der Waals surface area contributed by atoms with Crippen LogP contribution in [0.3, 0.4) is 0 Å². The molecule has 7 nitrogen and oxygen atoms in total. The molecule has 138 valence electrons. The van der Waals surface area contributed by atoms with Crippen LogP contribution in [-0.4, -0.2) is 28.1 Å². The molecule has 0 aliphatic carbocycles. The van der Waals surface area contributed by atoms with E-state index in [0.717, 1.165) is 16.7 Å². The number of para-hydroxylation sites is 1. The van der Waals surface area contributed by atoms with Crippen LogP contribution in [0.4, 0.5) is 10.5 Å². The number of hydrogen-bond donors (Lipinski definition) is 0. The fourth-order valence-corrected chi connectivity index (χ4v) is 3.62. The summed E-state index contributed by atoms with van der Waals surface area (Å²) < 4.78 is 5.13. The second-order valence-electron chi connectivity index (χ2n) is 5.52. The maximum atomic E-state index is 12.7. The summed E-state index contributed by atoms with van der Waals surface area (Å²) in [5, 5.41) is 11.2. The van der Waals surface area contributed by atoms with Gasteiger partial charge in [0.25, 0.3) is 11.1 Å². The lowest BCUT2D eigenvalue weighted by molar-refractivity contribution is -0.385. The van der Waals surface area contributed by atoms with Crippen molar-refractivity contribution in [3.05, 3.63) is 73.6 Å². The molecule has 2 amide bonds. The van der Waals surface area contributed by atoms with Crippen LogP contribution in [0.15, 0.2) is 47.4 Å². The minimum atomic E-state index is -0.570. The molecule has 0 aromatic heterocycles. The highest BCUT2D eigenvalue weighted by atomic mass is 35.5. The van der Waals surface area contributed by atoms with Gasteiger partial charge >= 0.3 is 5.69 Å². The monoisotopic (exact) mass is 404 g/mol. The number of imide groups is 1. The van der Waals surface area contributed by atoms with Crippen LogP contribution in [0.5, 0.6) is 5.75 Å². The Kier molecular flexibility index (Phi) is 5.48. The number of nitro benzene ring substituents is 1. The van der Waals surface area contributed by atoms with E-state index in [1.165, 1.54) is 25.3 Å². The Morgan fingerprint density at radius 1 is 1.22 bits per heavy atom. The molecule has 1 saturated heterocycles. The number of carbonyl (C=O) groups is 2. The number of methoxy groups -OCH3 is 1. The van der Waals surface area contributed by atoms with Gasteiger partial charge in [-0.3, -0.25) is 24.6 Å². The molecule has 0 unspecified atom stereocenters. The molecule has 1 aliphatic rings. The van der Waals surface area contributed by atoms with Gasteiger partial charge in [0, 0.05) is 16.7 Å². The van der Waals surface area contributed by atoms with Crippen molar-refractivity contribution in [1.82, 2.24) is 4.90 Å². The third-order valence-corrected chi connectivity index (χ3v) is 5.15. The van der Waals surface area contributed by atoms with Gasteiger partial charge in [0.1, 0.15) is 0 Å². The third kappa shape index (κ3) is 3.81. The van der Waals surface area contributed by atoms with E-state index in [9.17, 15) is 19.7 Å². The van der Waals surface area contributed by atoms with Gasteiger partial charge in [-0.15, -0.1) is 0 Å². The summed E-state index contributed by atoms with van der Waals surface area (Å²) in [6, 6.07) is 11.3. The first-order chi connectivity index (χ1) is 12.9. The second kappa shape index (κ2) is 7.81. The van der Waals surface area contributed by atoms with Crippen LogP contribution in [0.2, 0.25) is 5.02 Å². The third-order valence-electron chi connectivity index (χ3n) is 3.87. The van der Waals surface area contributed by atoms with Crippen molar-refractivity contribution in [2.75, 3.05) is 7.11 Å². The highest BCUT2D eigenvalue weighted by molar-refractivity contribution is 8.18. The molecule has 0 atom stereocenters. The van der Waals surface area contributed by atoms with E-state index in [-0.39, 0.29) is 22.9 Å². The summed E-state index contributed by atoms with van der Waals surface area (Å²) in [4.78, 5) is 36.7. The lowest BCUT2D eigenvalue weighted by atomic mass is 10.1. The topological polar surface area (TPSA) is 89.8 Å².